The van der Waals surface area contributed by atoms with Crippen molar-refractivity contribution in [1.29, 1.82) is 0 Å². The summed E-state index contributed by atoms with van der Waals surface area (Å²) in [5.74, 6) is 0.502. The van der Waals surface area contributed by atoms with E-state index in [0.717, 1.165) is 23.4 Å². The monoisotopic (exact) mass is 191 g/mol. The average Bonchev–Trinajstić information content (AvgIpc) is 2.16. The van der Waals surface area contributed by atoms with E-state index in [1.54, 1.807) is 6.21 Å². The van der Waals surface area contributed by atoms with E-state index in [9.17, 15) is 0 Å². The zero-order valence-corrected chi connectivity index (χ0v) is 9.04. The van der Waals surface area contributed by atoms with Crippen molar-refractivity contribution >= 4 is 12.4 Å². The van der Waals surface area contributed by atoms with E-state index in [-0.39, 0.29) is 0 Å². The van der Waals surface area contributed by atoms with Crippen LogP contribution in [0.2, 0.25) is 0 Å². The molecule has 76 valence electrons. The van der Waals surface area contributed by atoms with E-state index in [2.05, 4.69) is 35.9 Å². The topological polar surface area (TPSA) is 36.8 Å². The molecule has 0 saturated carbocycles. The lowest BCUT2D eigenvalue weighted by Crippen LogP contribution is -2.13. The summed E-state index contributed by atoms with van der Waals surface area (Å²) in [4.78, 5) is 4.42. The molecule has 0 bridgehead atoms. The molecule has 1 aliphatic heterocycles. The molecular weight excluding hydrogens is 174 g/mol. The fourth-order valence-electron chi connectivity index (χ4n) is 1.05. The van der Waals surface area contributed by atoms with Crippen molar-refractivity contribution in [3.05, 3.63) is 23.5 Å². The van der Waals surface area contributed by atoms with E-state index in [4.69, 9.17) is 0 Å². The van der Waals surface area contributed by atoms with Crippen molar-refractivity contribution in [2.45, 2.75) is 27.2 Å². The average molecular weight is 191 g/mol. The first kappa shape index (κ1) is 10.7. The second kappa shape index (κ2) is 4.74. The predicted molar refractivity (Wildman–Crippen MR) is 61.4 cm³/mol. The third-order valence-corrected chi connectivity index (χ3v) is 2.22. The molecule has 3 nitrogen and oxygen atoms in total. The number of hydrogen-bond acceptors (Lipinski definition) is 3. The summed E-state index contributed by atoms with van der Waals surface area (Å²) < 4.78 is 0. The van der Waals surface area contributed by atoms with Gasteiger partial charge < -0.3 is 0 Å². The molecule has 1 atom stereocenters. The summed E-state index contributed by atoms with van der Waals surface area (Å²) in [6, 6.07) is 0. The van der Waals surface area contributed by atoms with Crippen molar-refractivity contribution < 1.29 is 0 Å². The lowest BCUT2D eigenvalue weighted by molar-refractivity contribution is 0.752. The van der Waals surface area contributed by atoms with Gasteiger partial charge in [-0.3, -0.25) is 10.4 Å². The first-order chi connectivity index (χ1) is 6.65. The highest BCUT2D eigenvalue weighted by Gasteiger charge is 2.07. The van der Waals surface area contributed by atoms with Gasteiger partial charge in [0.05, 0.1) is 17.6 Å². The molecule has 0 aliphatic carbocycles. The lowest BCUT2D eigenvalue weighted by atomic mass is 10.1. The van der Waals surface area contributed by atoms with Crippen LogP contribution >= 0.6 is 0 Å². The fraction of sp³-hybridized carbons (Fsp3) is 0.455. The van der Waals surface area contributed by atoms with Crippen LogP contribution in [0.1, 0.15) is 27.2 Å². The van der Waals surface area contributed by atoms with Gasteiger partial charge in [-0.05, 0) is 24.8 Å². The number of aliphatic imine (C=N–C) groups is 1. The summed E-state index contributed by atoms with van der Waals surface area (Å²) in [5, 5.41) is 3.93. The molecule has 0 spiro atoms. The molecule has 0 aromatic rings. The van der Waals surface area contributed by atoms with Crippen LogP contribution in [0.4, 0.5) is 0 Å². The van der Waals surface area contributed by atoms with Crippen LogP contribution in [0, 0.1) is 5.92 Å². The minimum Gasteiger partial charge on any atom is -0.277 e. The molecule has 3 heteroatoms. The normalized spacial score (nSPS) is 18.9. The summed E-state index contributed by atoms with van der Waals surface area (Å²) >= 11 is 0. The Hall–Kier alpha value is -1.38. The smallest absolute Gasteiger partial charge is 0.0914 e. The zero-order valence-electron chi connectivity index (χ0n) is 9.04. The molecule has 0 amide bonds. The molecule has 1 heterocycles. The van der Waals surface area contributed by atoms with Gasteiger partial charge >= 0.3 is 0 Å². The second-order valence-corrected chi connectivity index (χ2v) is 3.54. The Bertz CT molecular complexity index is 310. The summed E-state index contributed by atoms with van der Waals surface area (Å²) in [5.41, 5.74) is 5.53. The molecule has 0 fully saturated rings. The van der Waals surface area contributed by atoms with Crippen LogP contribution in [-0.4, -0.2) is 12.4 Å². The number of nitrogens with zero attached hydrogens (tertiary/aromatic N) is 2. The van der Waals surface area contributed by atoms with Gasteiger partial charge in [-0.1, -0.05) is 20.4 Å². The molecule has 1 aliphatic rings. The van der Waals surface area contributed by atoms with Gasteiger partial charge in [-0.25, -0.2) is 0 Å². The van der Waals surface area contributed by atoms with Crippen molar-refractivity contribution in [2.75, 3.05) is 0 Å². The van der Waals surface area contributed by atoms with Gasteiger partial charge in [-0.15, -0.1) is 0 Å². The Balaban J connectivity index is 2.80. The first-order valence-corrected chi connectivity index (χ1v) is 4.88. The van der Waals surface area contributed by atoms with E-state index >= 15 is 0 Å². The Kier molecular flexibility index (Phi) is 3.63. The molecule has 0 radical (unpaired) electrons. The largest absolute Gasteiger partial charge is 0.277 e. The van der Waals surface area contributed by atoms with E-state index < -0.39 is 0 Å². The highest BCUT2D eigenvalue weighted by atomic mass is 15.3. The number of nitrogens with one attached hydrogen (secondary N) is 1. The maximum atomic E-state index is 4.42. The Labute approximate surface area is 85.3 Å². The van der Waals surface area contributed by atoms with Crippen LogP contribution in [0.15, 0.2) is 33.6 Å². The SMILES string of the molecule is C=C1NN=CC(C)=C1N=CC(C)CC. The standard InChI is InChI=1S/C11H17N3/c1-5-8(2)6-12-11-9(3)7-13-14-10(11)4/h6-8,14H,4-5H2,1-3H3. The fourth-order valence-corrected chi connectivity index (χ4v) is 1.05. The maximum Gasteiger partial charge on any atom is 0.0914 e. The van der Waals surface area contributed by atoms with Crippen LogP contribution in [0.3, 0.4) is 0 Å². The van der Waals surface area contributed by atoms with Gasteiger partial charge in [0.25, 0.3) is 0 Å². The molecule has 14 heavy (non-hydrogen) atoms. The molecule has 1 unspecified atom stereocenters. The van der Waals surface area contributed by atoms with Crippen LogP contribution in [0.25, 0.3) is 0 Å². The molecular formula is C11H17N3. The number of hydrazone groups is 1. The predicted octanol–water partition coefficient (Wildman–Crippen LogP) is 2.48. The minimum atomic E-state index is 0.502. The van der Waals surface area contributed by atoms with Gasteiger partial charge in [0.15, 0.2) is 0 Å². The number of allylic oxidation sites excluding steroid dienone is 1. The Morgan fingerprint density at radius 1 is 1.71 bits per heavy atom. The Morgan fingerprint density at radius 3 is 3.00 bits per heavy atom. The molecule has 1 rings (SSSR count). The van der Waals surface area contributed by atoms with E-state index in [0.29, 0.717) is 5.92 Å². The van der Waals surface area contributed by atoms with Crippen molar-refractivity contribution in [2.24, 2.45) is 16.0 Å². The maximum absolute atomic E-state index is 4.42. The van der Waals surface area contributed by atoms with Gasteiger partial charge in [0.2, 0.25) is 0 Å². The first-order valence-electron chi connectivity index (χ1n) is 4.88. The highest BCUT2D eigenvalue weighted by Crippen LogP contribution is 2.15. The number of hydrogen-bond donors (Lipinski definition) is 1. The van der Waals surface area contributed by atoms with Crippen molar-refractivity contribution in [1.82, 2.24) is 5.43 Å². The summed E-state index contributed by atoms with van der Waals surface area (Å²) in [6.07, 6.45) is 4.83. The minimum absolute atomic E-state index is 0.502. The van der Waals surface area contributed by atoms with Crippen LogP contribution in [-0.2, 0) is 0 Å². The van der Waals surface area contributed by atoms with E-state index in [1.807, 2.05) is 13.1 Å². The summed E-state index contributed by atoms with van der Waals surface area (Å²) in [7, 11) is 0. The molecule has 0 aromatic heterocycles. The molecule has 0 saturated heterocycles. The second-order valence-electron chi connectivity index (χ2n) is 3.54. The van der Waals surface area contributed by atoms with Crippen LogP contribution < -0.4 is 5.43 Å². The third kappa shape index (κ3) is 2.55. The molecule has 1 N–H and O–H groups in total. The quantitative estimate of drug-likeness (QED) is 0.684. The van der Waals surface area contributed by atoms with E-state index in [1.165, 1.54) is 0 Å². The number of rotatable bonds is 3. The zero-order chi connectivity index (χ0) is 10.6. The highest BCUT2D eigenvalue weighted by molar-refractivity contribution is 5.82. The van der Waals surface area contributed by atoms with Gasteiger partial charge in [0, 0.05) is 6.21 Å². The van der Waals surface area contributed by atoms with Crippen LogP contribution in [0.5, 0.6) is 0 Å². The third-order valence-electron chi connectivity index (χ3n) is 2.22. The van der Waals surface area contributed by atoms with Crippen molar-refractivity contribution in [3.63, 3.8) is 0 Å². The Morgan fingerprint density at radius 2 is 2.43 bits per heavy atom. The molecule has 0 aromatic carbocycles. The van der Waals surface area contributed by atoms with Gasteiger partial charge in [0.1, 0.15) is 0 Å². The van der Waals surface area contributed by atoms with Gasteiger partial charge in [-0.2, -0.15) is 5.10 Å². The summed E-state index contributed by atoms with van der Waals surface area (Å²) in [6.45, 7) is 10.1. The lowest BCUT2D eigenvalue weighted by Gasteiger charge is -2.12. The van der Waals surface area contributed by atoms with Crippen molar-refractivity contribution in [3.8, 4) is 0 Å².